The Morgan fingerprint density at radius 1 is 1.19 bits per heavy atom. The largest absolute Gasteiger partial charge is 0.497 e. The van der Waals surface area contributed by atoms with Gasteiger partial charge < -0.3 is 10.1 Å². The molecule has 0 spiro atoms. The van der Waals surface area contributed by atoms with Crippen molar-refractivity contribution in [3.8, 4) is 5.75 Å². The summed E-state index contributed by atoms with van der Waals surface area (Å²) in [4.78, 5) is 0. The summed E-state index contributed by atoms with van der Waals surface area (Å²) in [5.41, 5.74) is 1.43. The molecule has 90 valence electrons. The minimum Gasteiger partial charge on any atom is -0.497 e. The van der Waals surface area contributed by atoms with Crippen LogP contribution in [0.1, 0.15) is 18.4 Å². The third kappa shape index (κ3) is 3.69. The van der Waals surface area contributed by atoms with E-state index in [1.54, 1.807) is 7.11 Å². The maximum atomic E-state index is 5.15. The van der Waals surface area contributed by atoms with E-state index in [0.717, 1.165) is 11.7 Å². The second-order valence-electron chi connectivity index (χ2n) is 4.25. The lowest BCUT2D eigenvalue weighted by atomic mass is 9.91. The van der Waals surface area contributed by atoms with Crippen molar-refractivity contribution in [2.75, 3.05) is 20.2 Å². The molecule has 1 aliphatic heterocycles. The quantitative estimate of drug-likeness (QED) is 0.879. The van der Waals surface area contributed by atoms with Gasteiger partial charge in [-0.05, 0) is 56.0 Å². The molecule has 2 rings (SSSR count). The topological polar surface area (TPSA) is 21.3 Å². The number of nitrogens with one attached hydrogen (secondary N) is 1. The van der Waals surface area contributed by atoms with Crippen LogP contribution in [0.5, 0.6) is 5.75 Å². The lowest BCUT2D eigenvalue weighted by Gasteiger charge is -2.22. The Bertz CT molecular complexity index is 293. The Morgan fingerprint density at radius 3 is 2.38 bits per heavy atom. The van der Waals surface area contributed by atoms with Crippen LogP contribution in [-0.2, 0) is 6.42 Å². The van der Waals surface area contributed by atoms with E-state index < -0.39 is 0 Å². The summed E-state index contributed by atoms with van der Waals surface area (Å²) >= 11 is 0. The van der Waals surface area contributed by atoms with Gasteiger partial charge >= 0.3 is 0 Å². The van der Waals surface area contributed by atoms with Crippen molar-refractivity contribution >= 4 is 12.4 Å². The number of halogens is 1. The van der Waals surface area contributed by atoms with Gasteiger partial charge in [0.2, 0.25) is 0 Å². The van der Waals surface area contributed by atoms with Crippen LogP contribution < -0.4 is 10.1 Å². The standard InChI is InChI=1S/C13H19NO.ClH/c1-15-13-4-2-11(3-5-13)10-12-6-8-14-9-7-12;/h2-5,12,14H,6-10H2,1H3;1H. The normalized spacial score (nSPS) is 16.6. The predicted octanol–water partition coefficient (Wildman–Crippen LogP) is 2.66. The van der Waals surface area contributed by atoms with Crippen LogP contribution in [0.2, 0.25) is 0 Å². The molecule has 1 N–H and O–H groups in total. The maximum absolute atomic E-state index is 5.15. The Morgan fingerprint density at radius 2 is 1.81 bits per heavy atom. The number of piperidine rings is 1. The highest BCUT2D eigenvalue weighted by molar-refractivity contribution is 5.85. The van der Waals surface area contributed by atoms with Crippen molar-refractivity contribution < 1.29 is 4.74 Å². The van der Waals surface area contributed by atoms with Crippen LogP contribution >= 0.6 is 12.4 Å². The average molecular weight is 242 g/mol. The minimum atomic E-state index is 0. The van der Waals surface area contributed by atoms with Crippen LogP contribution in [0.4, 0.5) is 0 Å². The molecule has 0 bridgehead atoms. The Balaban J connectivity index is 0.00000128. The van der Waals surface area contributed by atoms with E-state index >= 15 is 0 Å². The molecule has 0 saturated carbocycles. The monoisotopic (exact) mass is 241 g/mol. The first-order chi connectivity index (χ1) is 7.38. The molecule has 0 radical (unpaired) electrons. The molecule has 1 aromatic rings. The Kier molecular flexibility index (Phi) is 5.64. The van der Waals surface area contributed by atoms with E-state index in [4.69, 9.17) is 4.74 Å². The van der Waals surface area contributed by atoms with Gasteiger partial charge in [-0.25, -0.2) is 0 Å². The lowest BCUT2D eigenvalue weighted by molar-refractivity contribution is 0.372. The van der Waals surface area contributed by atoms with Gasteiger partial charge in [-0.3, -0.25) is 0 Å². The zero-order valence-corrected chi connectivity index (χ0v) is 10.6. The van der Waals surface area contributed by atoms with Crippen LogP contribution in [0.3, 0.4) is 0 Å². The molecule has 0 unspecified atom stereocenters. The fraction of sp³-hybridized carbons (Fsp3) is 0.538. The highest BCUT2D eigenvalue weighted by Crippen LogP contribution is 2.19. The summed E-state index contributed by atoms with van der Waals surface area (Å²) in [5, 5.41) is 3.40. The van der Waals surface area contributed by atoms with Crippen molar-refractivity contribution in [1.82, 2.24) is 5.32 Å². The summed E-state index contributed by atoms with van der Waals surface area (Å²) in [7, 11) is 1.71. The molecule has 1 aliphatic rings. The molecule has 0 aromatic heterocycles. The summed E-state index contributed by atoms with van der Waals surface area (Å²) < 4.78 is 5.15. The van der Waals surface area contributed by atoms with Gasteiger partial charge in [0.25, 0.3) is 0 Å². The fourth-order valence-corrected chi connectivity index (χ4v) is 2.18. The number of benzene rings is 1. The number of hydrogen-bond donors (Lipinski definition) is 1. The number of rotatable bonds is 3. The van der Waals surface area contributed by atoms with E-state index in [-0.39, 0.29) is 12.4 Å². The Hall–Kier alpha value is -0.730. The number of hydrogen-bond acceptors (Lipinski definition) is 2. The van der Waals surface area contributed by atoms with Gasteiger partial charge in [0.1, 0.15) is 5.75 Å². The number of ether oxygens (including phenoxy) is 1. The summed E-state index contributed by atoms with van der Waals surface area (Å²) in [6.07, 6.45) is 3.84. The second kappa shape index (κ2) is 6.77. The van der Waals surface area contributed by atoms with Crippen LogP contribution in [0.15, 0.2) is 24.3 Å². The van der Waals surface area contributed by atoms with Crippen molar-refractivity contribution in [3.05, 3.63) is 29.8 Å². The van der Waals surface area contributed by atoms with Crippen molar-refractivity contribution in [1.29, 1.82) is 0 Å². The van der Waals surface area contributed by atoms with Crippen molar-refractivity contribution in [2.45, 2.75) is 19.3 Å². The molecular formula is C13H20ClNO. The SMILES string of the molecule is COc1ccc(CC2CCNCC2)cc1.Cl. The van der Waals surface area contributed by atoms with E-state index in [1.807, 2.05) is 0 Å². The zero-order valence-electron chi connectivity index (χ0n) is 9.74. The molecule has 1 fully saturated rings. The molecule has 0 aliphatic carbocycles. The molecular weight excluding hydrogens is 222 g/mol. The molecule has 1 aromatic carbocycles. The minimum absolute atomic E-state index is 0. The number of methoxy groups -OCH3 is 1. The first-order valence-corrected chi connectivity index (χ1v) is 5.72. The van der Waals surface area contributed by atoms with Gasteiger partial charge in [0.15, 0.2) is 0 Å². The van der Waals surface area contributed by atoms with Crippen LogP contribution in [0, 0.1) is 5.92 Å². The molecule has 3 heteroatoms. The molecule has 2 nitrogen and oxygen atoms in total. The van der Waals surface area contributed by atoms with Gasteiger partial charge in [-0.1, -0.05) is 12.1 Å². The zero-order chi connectivity index (χ0) is 10.5. The highest BCUT2D eigenvalue weighted by atomic mass is 35.5. The summed E-state index contributed by atoms with van der Waals surface area (Å²) in [6, 6.07) is 8.47. The van der Waals surface area contributed by atoms with Gasteiger partial charge in [0.05, 0.1) is 7.11 Å². The third-order valence-corrected chi connectivity index (χ3v) is 3.14. The maximum Gasteiger partial charge on any atom is 0.118 e. The smallest absolute Gasteiger partial charge is 0.118 e. The first kappa shape index (κ1) is 13.3. The fourth-order valence-electron chi connectivity index (χ4n) is 2.18. The van der Waals surface area contributed by atoms with Crippen LogP contribution in [-0.4, -0.2) is 20.2 Å². The molecule has 1 saturated heterocycles. The molecule has 0 atom stereocenters. The van der Waals surface area contributed by atoms with E-state index in [0.29, 0.717) is 0 Å². The molecule has 1 heterocycles. The van der Waals surface area contributed by atoms with Gasteiger partial charge in [-0.15, -0.1) is 12.4 Å². The molecule has 16 heavy (non-hydrogen) atoms. The third-order valence-electron chi connectivity index (χ3n) is 3.14. The van der Waals surface area contributed by atoms with Crippen molar-refractivity contribution in [3.63, 3.8) is 0 Å². The lowest BCUT2D eigenvalue weighted by Crippen LogP contribution is -2.28. The van der Waals surface area contributed by atoms with Crippen LogP contribution in [0.25, 0.3) is 0 Å². The van der Waals surface area contributed by atoms with Gasteiger partial charge in [-0.2, -0.15) is 0 Å². The molecule has 0 amide bonds. The second-order valence-corrected chi connectivity index (χ2v) is 4.25. The Labute approximate surface area is 104 Å². The summed E-state index contributed by atoms with van der Waals surface area (Å²) in [5.74, 6) is 1.81. The summed E-state index contributed by atoms with van der Waals surface area (Å²) in [6.45, 7) is 2.36. The van der Waals surface area contributed by atoms with E-state index in [2.05, 4.69) is 29.6 Å². The first-order valence-electron chi connectivity index (χ1n) is 5.72. The van der Waals surface area contributed by atoms with E-state index in [9.17, 15) is 0 Å². The van der Waals surface area contributed by atoms with E-state index in [1.165, 1.54) is 37.9 Å². The average Bonchev–Trinajstić information content (AvgIpc) is 2.31. The van der Waals surface area contributed by atoms with Gasteiger partial charge in [0, 0.05) is 0 Å². The predicted molar refractivity (Wildman–Crippen MR) is 69.5 cm³/mol. The van der Waals surface area contributed by atoms with Crippen molar-refractivity contribution in [2.24, 2.45) is 5.92 Å². The highest BCUT2D eigenvalue weighted by Gasteiger charge is 2.13.